The summed E-state index contributed by atoms with van der Waals surface area (Å²) in [6, 6.07) is 0.121. The number of carbonyl (C=O) groups excluding carboxylic acids is 1. The quantitative estimate of drug-likeness (QED) is 0.659. The molecule has 0 radical (unpaired) electrons. The highest BCUT2D eigenvalue weighted by Gasteiger charge is 2.22. The number of nitrogens with zero attached hydrogens (tertiary/aromatic N) is 2. The number of rotatable bonds is 1. The fraction of sp³-hybridized carbons (Fsp3) is 0.556. The molecule has 1 aromatic heterocycles. The highest BCUT2D eigenvalue weighted by Crippen LogP contribution is 2.10. The lowest BCUT2D eigenvalue weighted by atomic mass is 10.1. The van der Waals surface area contributed by atoms with E-state index < -0.39 is 0 Å². The number of aromatic amines is 1. The molecule has 1 atom stereocenters. The van der Waals surface area contributed by atoms with Gasteiger partial charge in [-0.2, -0.15) is 0 Å². The van der Waals surface area contributed by atoms with Crippen LogP contribution in [0.2, 0.25) is 0 Å². The van der Waals surface area contributed by atoms with Crippen LogP contribution in [0.25, 0.3) is 0 Å². The van der Waals surface area contributed by atoms with Gasteiger partial charge in [0.05, 0.1) is 12.5 Å². The van der Waals surface area contributed by atoms with E-state index in [-0.39, 0.29) is 11.9 Å². The van der Waals surface area contributed by atoms with E-state index in [4.69, 9.17) is 5.73 Å². The van der Waals surface area contributed by atoms with E-state index in [2.05, 4.69) is 9.97 Å². The Labute approximate surface area is 82.3 Å². The highest BCUT2D eigenvalue weighted by atomic mass is 16.2. The number of nitrogens with one attached hydrogen (secondary N) is 1. The zero-order valence-electron chi connectivity index (χ0n) is 7.94. The van der Waals surface area contributed by atoms with Crippen molar-refractivity contribution in [2.24, 2.45) is 5.73 Å². The van der Waals surface area contributed by atoms with Crippen molar-refractivity contribution in [3.05, 3.63) is 18.2 Å². The molecule has 0 saturated carbocycles. The van der Waals surface area contributed by atoms with Crippen LogP contribution in [0, 0.1) is 0 Å². The number of hydrogen-bond donors (Lipinski definition) is 2. The van der Waals surface area contributed by atoms with Gasteiger partial charge in [0.1, 0.15) is 5.69 Å². The van der Waals surface area contributed by atoms with Gasteiger partial charge in [0.15, 0.2) is 0 Å². The Morgan fingerprint density at radius 3 is 3.21 bits per heavy atom. The van der Waals surface area contributed by atoms with E-state index in [0.717, 1.165) is 19.4 Å². The fourth-order valence-electron chi connectivity index (χ4n) is 1.74. The van der Waals surface area contributed by atoms with Crippen molar-refractivity contribution in [1.29, 1.82) is 0 Å². The maximum Gasteiger partial charge on any atom is 0.271 e. The lowest BCUT2D eigenvalue weighted by Crippen LogP contribution is -2.45. The van der Waals surface area contributed by atoms with E-state index in [9.17, 15) is 4.79 Å². The topological polar surface area (TPSA) is 75.0 Å². The lowest BCUT2D eigenvalue weighted by Gasteiger charge is -2.30. The predicted molar refractivity (Wildman–Crippen MR) is 51.7 cm³/mol. The number of piperidine rings is 1. The zero-order chi connectivity index (χ0) is 9.97. The van der Waals surface area contributed by atoms with Crippen molar-refractivity contribution in [2.75, 3.05) is 13.1 Å². The summed E-state index contributed by atoms with van der Waals surface area (Å²) in [4.78, 5) is 20.2. The Bertz CT molecular complexity index is 309. The van der Waals surface area contributed by atoms with Gasteiger partial charge in [-0.1, -0.05) is 0 Å². The average Bonchev–Trinajstić information content (AvgIpc) is 2.69. The molecule has 1 saturated heterocycles. The minimum absolute atomic E-state index is 0.00218. The normalized spacial score (nSPS) is 22.4. The van der Waals surface area contributed by atoms with E-state index in [1.165, 1.54) is 6.33 Å². The summed E-state index contributed by atoms with van der Waals surface area (Å²) in [6.07, 6.45) is 5.05. The standard InChI is InChI=1S/C9H14N4O/c10-7-2-1-3-13(5-7)9(14)8-4-11-6-12-8/h4,6-7H,1-3,5,10H2,(H,11,12)/t7-/m0/s1. The molecule has 1 aliphatic heterocycles. The molecule has 0 unspecified atom stereocenters. The first-order valence-corrected chi connectivity index (χ1v) is 4.80. The number of likely N-dealkylation sites (tertiary alicyclic amines) is 1. The van der Waals surface area contributed by atoms with E-state index in [1.807, 2.05) is 0 Å². The minimum atomic E-state index is -0.00218. The monoisotopic (exact) mass is 194 g/mol. The SMILES string of the molecule is N[C@H]1CCCN(C(=O)c2cnc[nH]2)C1. The van der Waals surface area contributed by atoms with Gasteiger partial charge < -0.3 is 15.6 Å². The van der Waals surface area contributed by atoms with Crippen molar-refractivity contribution in [1.82, 2.24) is 14.9 Å². The molecule has 76 valence electrons. The second-order valence-electron chi connectivity index (χ2n) is 3.62. The summed E-state index contributed by atoms with van der Waals surface area (Å²) >= 11 is 0. The van der Waals surface area contributed by atoms with Crippen molar-refractivity contribution < 1.29 is 4.79 Å². The second-order valence-corrected chi connectivity index (χ2v) is 3.62. The number of imidazole rings is 1. The van der Waals surface area contributed by atoms with E-state index in [0.29, 0.717) is 12.2 Å². The van der Waals surface area contributed by atoms with Crippen LogP contribution in [-0.4, -0.2) is 39.9 Å². The van der Waals surface area contributed by atoms with Gasteiger partial charge in [0, 0.05) is 19.1 Å². The van der Waals surface area contributed by atoms with Crippen LogP contribution in [0.4, 0.5) is 0 Å². The van der Waals surface area contributed by atoms with Gasteiger partial charge in [0.25, 0.3) is 5.91 Å². The number of aromatic nitrogens is 2. The maximum atomic E-state index is 11.8. The number of carbonyl (C=O) groups is 1. The Morgan fingerprint density at radius 1 is 1.71 bits per heavy atom. The van der Waals surface area contributed by atoms with Gasteiger partial charge >= 0.3 is 0 Å². The summed E-state index contributed by atoms with van der Waals surface area (Å²) in [5.74, 6) is -0.00218. The van der Waals surface area contributed by atoms with Crippen LogP contribution in [0.1, 0.15) is 23.3 Å². The van der Waals surface area contributed by atoms with Crippen LogP contribution >= 0.6 is 0 Å². The molecule has 5 heteroatoms. The van der Waals surface area contributed by atoms with E-state index in [1.54, 1.807) is 11.1 Å². The summed E-state index contributed by atoms with van der Waals surface area (Å²) in [5.41, 5.74) is 6.34. The molecule has 2 heterocycles. The van der Waals surface area contributed by atoms with Crippen LogP contribution in [0.5, 0.6) is 0 Å². The third kappa shape index (κ3) is 1.77. The van der Waals surface area contributed by atoms with Crippen molar-refractivity contribution >= 4 is 5.91 Å². The molecule has 1 fully saturated rings. The first-order chi connectivity index (χ1) is 6.77. The number of amides is 1. The molecule has 0 spiro atoms. The largest absolute Gasteiger partial charge is 0.341 e. The zero-order valence-corrected chi connectivity index (χ0v) is 7.94. The predicted octanol–water partition coefficient (Wildman–Crippen LogP) is -0.0270. The molecule has 5 nitrogen and oxygen atoms in total. The number of H-pyrrole nitrogens is 1. The first-order valence-electron chi connectivity index (χ1n) is 4.80. The van der Waals surface area contributed by atoms with Crippen LogP contribution in [-0.2, 0) is 0 Å². The highest BCUT2D eigenvalue weighted by molar-refractivity contribution is 5.92. The number of hydrogen-bond acceptors (Lipinski definition) is 3. The Kier molecular flexibility index (Phi) is 2.49. The summed E-state index contributed by atoms with van der Waals surface area (Å²) in [6.45, 7) is 1.45. The number of nitrogens with two attached hydrogens (primary N) is 1. The van der Waals surface area contributed by atoms with Crippen LogP contribution in [0.3, 0.4) is 0 Å². The lowest BCUT2D eigenvalue weighted by molar-refractivity contribution is 0.0703. The molecule has 0 aromatic carbocycles. The van der Waals surface area contributed by atoms with Crippen LogP contribution in [0.15, 0.2) is 12.5 Å². The molecule has 14 heavy (non-hydrogen) atoms. The molecule has 0 aliphatic carbocycles. The van der Waals surface area contributed by atoms with Gasteiger partial charge in [-0.25, -0.2) is 4.98 Å². The molecule has 1 aromatic rings. The molecule has 1 aliphatic rings. The van der Waals surface area contributed by atoms with E-state index >= 15 is 0 Å². The van der Waals surface area contributed by atoms with Gasteiger partial charge in [0.2, 0.25) is 0 Å². The summed E-state index contributed by atoms with van der Waals surface area (Å²) in [5, 5.41) is 0. The van der Waals surface area contributed by atoms with Crippen molar-refractivity contribution in [3.8, 4) is 0 Å². The molecule has 2 rings (SSSR count). The van der Waals surface area contributed by atoms with Gasteiger partial charge in [-0.05, 0) is 12.8 Å². The summed E-state index contributed by atoms with van der Waals surface area (Å²) in [7, 11) is 0. The Balaban J connectivity index is 2.04. The van der Waals surface area contributed by atoms with Crippen molar-refractivity contribution in [2.45, 2.75) is 18.9 Å². The van der Waals surface area contributed by atoms with Crippen molar-refractivity contribution in [3.63, 3.8) is 0 Å². The molecule has 0 bridgehead atoms. The Hall–Kier alpha value is -1.36. The fourth-order valence-corrected chi connectivity index (χ4v) is 1.74. The van der Waals surface area contributed by atoms with Crippen LogP contribution < -0.4 is 5.73 Å². The first kappa shape index (κ1) is 9.21. The molecular weight excluding hydrogens is 180 g/mol. The van der Waals surface area contributed by atoms with Gasteiger partial charge in [-0.3, -0.25) is 4.79 Å². The minimum Gasteiger partial charge on any atom is -0.341 e. The second kappa shape index (κ2) is 3.79. The smallest absolute Gasteiger partial charge is 0.271 e. The molecule has 3 N–H and O–H groups in total. The molecule has 1 amide bonds. The Morgan fingerprint density at radius 2 is 2.57 bits per heavy atom. The summed E-state index contributed by atoms with van der Waals surface area (Å²) < 4.78 is 0. The van der Waals surface area contributed by atoms with Gasteiger partial charge in [-0.15, -0.1) is 0 Å². The average molecular weight is 194 g/mol. The molecular formula is C9H14N4O. The third-order valence-electron chi connectivity index (χ3n) is 2.47. The third-order valence-corrected chi connectivity index (χ3v) is 2.47. The maximum absolute atomic E-state index is 11.8.